The predicted molar refractivity (Wildman–Crippen MR) is 88.0 cm³/mol. The number of methoxy groups -OCH3 is 1. The number of carbonyl (C=O) groups is 2. The molecule has 1 aromatic carbocycles. The van der Waals surface area contributed by atoms with E-state index in [0.717, 1.165) is 9.37 Å². The van der Waals surface area contributed by atoms with Gasteiger partial charge < -0.3 is 14.7 Å². The van der Waals surface area contributed by atoms with Crippen LogP contribution in [0.1, 0.15) is 12.8 Å². The zero-order chi connectivity index (χ0) is 16.1. The molecule has 2 rings (SSSR count). The van der Waals surface area contributed by atoms with Crippen LogP contribution in [-0.2, 0) is 14.3 Å². The van der Waals surface area contributed by atoms with Crippen LogP contribution in [0.2, 0.25) is 0 Å². The van der Waals surface area contributed by atoms with Crippen molar-refractivity contribution in [2.75, 3.05) is 19.4 Å². The molecule has 1 aromatic rings. The van der Waals surface area contributed by atoms with Crippen molar-refractivity contribution in [3.8, 4) is 0 Å². The zero-order valence-electron chi connectivity index (χ0n) is 12.2. The average Bonchev–Trinajstić information content (AvgIpc) is 2.94. The van der Waals surface area contributed by atoms with E-state index in [1.54, 1.807) is 18.9 Å². The molecule has 1 amide bonds. The minimum Gasteiger partial charge on any atom is -0.480 e. The van der Waals surface area contributed by atoms with E-state index >= 15 is 0 Å². The Morgan fingerprint density at radius 1 is 1.41 bits per heavy atom. The Balaban J connectivity index is 1.85. The van der Waals surface area contributed by atoms with Crippen LogP contribution < -0.4 is 0 Å². The normalized spacial score (nSPS) is 21.1. The third-order valence-electron chi connectivity index (χ3n) is 3.60. The van der Waals surface area contributed by atoms with Crippen molar-refractivity contribution in [1.29, 1.82) is 0 Å². The van der Waals surface area contributed by atoms with Gasteiger partial charge >= 0.3 is 5.97 Å². The second kappa shape index (κ2) is 7.99. The van der Waals surface area contributed by atoms with E-state index in [9.17, 15) is 14.7 Å². The first kappa shape index (κ1) is 17.3. The lowest BCUT2D eigenvalue weighted by atomic mass is 10.2. The molecule has 1 heterocycles. The fourth-order valence-corrected chi connectivity index (χ4v) is 3.51. The molecule has 1 N–H and O–H groups in total. The number of amides is 1. The number of thioether (sulfide) groups is 1. The summed E-state index contributed by atoms with van der Waals surface area (Å²) >= 11 is 4.96. The lowest BCUT2D eigenvalue weighted by Gasteiger charge is -2.21. The molecule has 1 aliphatic heterocycles. The van der Waals surface area contributed by atoms with E-state index in [1.165, 1.54) is 4.90 Å². The van der Waals surface area contributed by atoms with Crippen LogP contribution >= 0.6 is 27.7 Å². The van der Waals surface area contributed by atoms with Gasteiger partial charge in [0.1, 0.15) is 6.04 Å². The topological polar surface area (TPSA) is 66.8 Å². The third-order valence-corrected chi connectivity index (χ3v) is 5.14. The maximum atomic E-state index is 12.3. The second-order valence-corrected chi connectivity index (χ2v) is 7.13. The molecule has 5 nitrogen and oxygen atoms in total. The number of ether oxygens (including phenoxy) is 1. The summed E-state index contributed by atoms with van der Waals surface area (Å²) in [7, 11) is 1.54. The predicted octanol–water partition coefficient (Wildman–Crippen LogP) is 2.63. The SMILES string of the molecule is COC1CC(C(=O)O)N(C(=O)CCSc2ccc(Br)cc2)C1. The average molecular weight is 388 g/mol. The molecule has 0 bridgehead atoms. The fourth-order valence-electron chi connectivity index (χ4n) is 2.41. The summed E-state index contributed by atoms with van der Waals surface area (Å²) in [5.41, 5.74) is 0. The molecule has 120 valence electrons. The first-order valence-electron chi connectivity index (χ1n) is 6.94. The van der Waals surface area contributed by atoms with Crippen molar-refractivity contribution in [2.45, 2.75) is 29.9 Å². The van der Waals surface area contributed by atoms with Gasteiger partial charge in [0.2, 0.25) is 5.91 Å². The monoisotopic (exact) mass is 387 g/mol. The molecular formula is C15H18BrNO4S. The van der Waals surface area contributed by atoms with Crippen LogP contribution in [0.25, 0.3) is 0 Å². The Labute approximate surface area is 142 Å². The molecule has 7 heteroatoms. The molecule has 2 atom stereocenters. The number of hydrogen-bond donors (Lipinski definition) is 1. The van der Waals surface area contributed by atoms with Gasteiger partial charge in [0.05, 0.1) is 6.10 Å². The molecule has 1 saturated heterocycles. The van der Waals surface area contributed by atoms with Gasteiger partial charge in [-0.1, -0.05) is 15.9 Å². The molecule has 2 unspecified atom stereocenters. The number of halogens is 1. The van der Waals surface area contributed by atoms with Crippen molar-refractivity contribution in [2.24, 2.45) is 0 Å². The van der Waals surface area contributed by atoms with Crippen LogP contribution in [0.4, 0.5) is 0 Å². The highest BCUT2D eigenvalue weighted by Crippen LogP contribution is 2.24. The molecule has 0 aromatic heterocycles. The number of carboxylic acids is 1. The van der Waals surface area contributed by atoms with Crippen LogP contribution in [0.5, 0.6) is 0 Å². The van der Waals surface area contributed by atoms with Gasteiger partial charge in [-0.15, -0.1) is 11.8 Å². The molecule has 22 heavy (non-hydrogen) atoms. The summed E-state index contributed by atoms with van der Waals surface area (Å²) in [5.74, 6) is -0.467. The number of carbonyl (C=O) groups excluding carboxylic acids is 1. The summed E-state index contributed by atoms with van der Waals surface area (Å²) < 4.78 is 6.20. The number of likely N-dealkylation sites (tertiary alicyclic amines) is 1. The molecule has 0 saturated carbocycles. The first-order valence-corrected chi connectivity index (χ1v) is 8.72. The maximum Gasteiger partial charge on any atom is 0.326 e. The van der Waals surface area contributed by atoms with E-state index in [4.69, 9.17) is 4.74 Å². The van der Waals surface area contributed by atoms with Crippen LogP contribution in [-0.4, -0.2) is 53.4 Å². The second-order valence-electron chi connectivity index (χ2n) is 5.05. The molecule has 1 fully saturated rings. The number of nitrogens with zero attached hydrogens (tertiary/aromatic N) is 1. The highest BCUT2D eigenvalue weighted by molar-refractivity contribution is 9.10. The van der Waals surface area contributed by atoms with Crippen molar-refractivity contribution >= 4 is 39.6 Å². The van der Waals surface area contributed by atoms with Crippen LogP contribution in [0.15, 0.2) is 33.6 Å². The van der Waals surface area contributed by atoms with E-state index in [0.29, 0.717) is 25.1 Å². The minimum absolute atomic E-state index is 0.128. The van der Waals surface area contributed by atoms with Gasteiger partial charge in [0.25, 0.3) is 0 Å². The number of rotatable bonds is 6. The number of hydrogen-bond acceptors (Lipinski definition) is 4. The van der Waals surface area contributed by atoms with Gasteiger partial charge in [-0.25, -0.2) is 4.79 Å². The van der Waals surface area contributed by atoms with E-state index in [1.807, 2.05) is 24.3 Å². The van der Waals surface area contributed by atoms with Crippen LogP contribution in [0, 0.1) is 0 Å². The third kappa shape index (κ3) is 4.47. The molecule has 0 spiro atoms. The summed E-state index contributed by atoms with van der Waals surface area (Å²) in [6, 6.07) is 7.10. The number of benzene rings is 1. The van der Waals surface area contributed by atoms with Gasteiger partial charge in [-0.2, -0.15) is 0 Å². The Kier molecular flexibility index (Phi) is 6.28. The quantitative estimate of drug-likeness (QED) is 0.759. The lowest BCUT2D eigenvalue weighted by Crippen LogP contribution is -2.40. The smallest absolute Gasteiger partial charge is 0.326 e. The zero-order valence-corrected chi connectivity index (χ0v) is 14.6. The lowest BCUT2D eigenvalue weighted by molar-refractivity contribution is -0.148. The fraction of sp³-hybridized carbons (Fsp3) is 0.467. The highest BCUT2D eigenvalue weighted by atomic mass is 79.9. The standard InChI is InChI=1S/C15H18BrNO4S/c1-21-11-8-13(15(19)20)17(9-11)14(18)6-7-22-12-4-2-10(16)3-5-12/h2-5,11,13H,6-9H2,1H3,(H,19,20). The van der Waals surface area contributed by atoms with Crippen molar-refractivity contribution in [3.05, 3.63) is 28.7 Å². The Morgan fingerprint density at radius 3 is 2.68 bits per heavy atom. The molecule has 0 radical (unpaired) electrons. The Morgan fingerprint density at radius 2 is 2.09 bits per heavy atom. The number of aliphatic carboxylic acids is 1. The molecule has 0 aliphatic carbocycles. The van der Waals surface area contributed by atoms with Crippen molar-refractivity contribution < 1.29 is 19.4 Å². The van der Waals surface area contributed by atoms with Gasteiger partial charge in [-0.05, 0) is 24.3 Å². The highest BCUT2D eigenvalue weighted by Gasteiger charge is 2.39. The molecular weight excluding hydrogens is 370 g/mol. The molecule has 1 aliphatic rings. The first-order chi connectivity index (χ1) is 10.5. The van der Waals surface area contributed by atoms with Gasteiger partial charge in [-0.3, -0.25) is 4.79 Å². The Bertz CT molecular complexity index is 537. The summed E-state index contributed by atoms with van der Waals surface area (Å²) in [6.45, 7) is 0.356. The van der Waals surface area contributed by atoms with Crippen LogP contribution in [0.3, 0.4) is 0 Å². The van der Waals surface area contributed by atoms with E-state index < -0.39 is 12.0 Å². The van der Waals surface area contributed by atoms with Crippen molar-refractivity contribution in [1.82, 2.24) is 4.90 Å². The van der Waals surface area contributed by atoms with Gasteiger partial charge in [0, 0.05) is 41.6 Å². The largest absolute Gasteiger partial charge is 0.480 e. The number of carboxylic acid groups (broad SMARTS) is 1. The van der Waals surface area contributed by atoms with Gasteiger partial charge in [0.15, 0.2) is 0 Å². The van der Waals surface area contributed by atoms with E-state index in [-0.39, 0.29) is 12.0 Å². The maximum absolute atomic E-state index is 12.3. The van der Waals surface area contributed by atoms with E-state index in [2.05, 4.69) is 15.9 Å². The summed E-state index contributed by atoms with van der Waals surface area (Å²) in [5, 5.41) is 9.22. The van der Waals surface area contributed by atoms with Crippen molar-refractivity contribution in [3.63, 3.8) is 0 Å². The summed E-state index contributed by atoms with van der Waals surface area (Å²) in [6.07, 6.45) is 0.488. The Hall–Kier alpha value is -1.05. The minimum atomic E-state index is -0.964. The summed E-state index contributed by atoms with van der Waals surface area (Å²) in [4.78, 5) is 26.0.